The van der Waals surface area contributed by atoms with Crippen LogP contribution in [0.3, 0.4) is 0 Å². The molecule has 68 valence electrons. The highest BCUT2D eigenvalue weighted by atomic mass is 32.1. The van der Waals surface area contributed by atoms with Crippen molar-refractivity contribution >= 4 is 49.4 Å². The Morgan fingerprint density at radius 3 is 2.62 bits per heavy atom. The first-order valence-corrected chi connectivity index (χ1v) is 4.69. The summed E-state index contributed by atoms with van der Waals surface area (Å²) in [5, 5.41) is 1.64. The molecule has 0 bridgehead atoms. The van der Waals surface area contributed by atoms with Gasteiger partial charge in [-0.3, -0.25) is 4.40 Å². The standard InChI is InChI=1S/C6H6N4S3/c7-3-4-8-2(11)1-10(4)6(13)5(12)9-3/h1,11-13H,(H2,7,9). The second-order valence-electron chi connectivity index (χ2n) is 2.44. The van der Waals surface area contributed by atoms with Crippen LogP contribution < -0.4 is 5.73 Å². The van der Waals surface area contributed by atoms with Gasteiger partial charge in [-0.05, 0) is 0 Å². The second-order valence-corrected chi connectivity index (χ2v) is 3.74. The summed E-state index contributed by atoms with van der Waals surface area (Å²) in [5.41, 5.74) is 6.18. The van der Waals surface area contributed by atoms with Crippen molar-refractivity contribution in [1.82, 2.24) is 14.4 Å². The van der Waals surface area contributed by atoms with E-state index in [-0.39, 0.29) is 0 Å². The summed E-state index contributed by atoms with van der Waals surface area (Å²) >= 11 is 12.4. The molecule has 2 heterocycles. The minimum Gasteiger partial charge on any atom is -0.381 e. The number of aromatic nitrogens is 3. The number of hydrogen-bond acceptors (Lipinski definition) is 6. The molecule has 7 heteroatoms. The zero-order chi connectivity index (χ0) is 9.59. The van der Waals surface area contributed by atoms with E-state index in [1.54, 1.807) is 10.6 Å². The molecule has 2 aromatic rings. The lowest BCUT2D eigenvalue weighted by Gasteiger charge is -2.02. The van der Waals surface area contributed by atoms with Gasteiger partial charge in [0.15, 0.2) is 11.5 Å². The van der Waals surface area contributed by atoms with Crippen molar-refractivity contribution in [2.24, 2.45) is 0 Å². The summed E-state index contributed by atoms with van der Waals surface area (Å²) < 4.78 is 1.69. The van der Waals surface area contributed by atoms with E-state index in [4.69, 9.17) is 5.73 Å². The van der Waals surface area contributed by atoms with E-state index in [1.165, 1.54) is 0 Å². The maximum atomic E-state index is 5.63. The van der Waals surface area contributed by atoms with Crippen molar-refractivity contribution in [3.63, 3.8) is 0 Å². The van der Waals surface area contributed by atoms with E-state index >= 15 is 0 Å². The van der Waals surface area contributed by atoms with Crippen molar-refractivity contribution < 1.29 is 0 Å². The highest BCUT2D eigenvalue weighted by molar-refractivity contribution is 7.83. The number of thiol groups is 3. The van der Waals surface area contributed by atoms with Gasteiger partial charge in [0.2, 0.25) is 0 Å². The van der Waals surface area contributed by atoms with E-state index in [0.29, 0.717) is 26.5 Å². The van der Waals surface area contributed by atoms with Crippen LogP contribution in [0, 0.1) is 0 Å². The molecule has 0 fully saturated rings. The maximum absolute atomic E-state index is 5.63. The van der Waals surface area contributed by atoms with Gasteiger partial charge < -0.3 is 5.73 Å². The number of imidazole rings is 1. The molecular formula is C6H6N4S3. The summed E-state index contributed by atoms with van der Waals surface area (Å²) in [6, 6.07) is 0. The largest absolute Gasteiger partial charge is 0.381 e. The Hall–Kier alpha value is -0.530. The third-order valence-electron chi connectivity index (χ3n) is 1.58. The molecule has 2 aromatic heterocycles. The van der Waals surface area contributed by atoms with Crippen LogP contribution in [0.15, 0.2) is 21.3 Å². The third-order valence-corrected chi connectivity index (χ3v) is 2.71. The average Bonchev–Trinajstić information content (AvgIpc) is 2.44. The minimum atomic E-state index is 0.322. The molecule has 0 saturated heterocycles. The summed E-state index contributed by atoms with van der Waals surface area (Å²) in [6.45, 7) is 0. The molecule has 0 unspecified atom stereocenters. The zero-order valence-corrected chi connectivity index (χ0v) is 9.02. The molecule has 0 aromatic carbocycles. The molecule has 13 heavy (non-hydrogen) atoms. The number of nitrogens with zero attached hydrogens (tertiary/aromatic N) is 3. The summed E-state index contributed by atoms with van der Waals surface area (Å²) in [7, 11) is 0. The van der Waals surface area contributed by atoms with Gasteiger partial charge in [0.25, 0.3) is 0 Å². The Labute approximate surface area is 90.8 Å². The van der Waals surface area contributed by atoms with E-state index in [9.17, 15) is 0 Å². The lowest BCUT2D eigenvalue weighted by atomic mass is 10.6. The molecule has 0 spiro atoms. The fraction of sp³-hybridized carbons (Fsp3) is 0. The SMILES string of the molecule is Nc1nc(S)c(S)n2cc(S)nc12. The minimum absolute atomic E-state index is 0.322. The summed E-state index contributed by atoms with van der Waals surface area (Å²) in [5.74, 6) is 0.322. The highest BCUT2D eigenvalue weighted by Crippen LogP contribution is 2.22. The van der Waals surface area contributed by atoms with Gasteiger partial charge in [-0.25, -0.2) is 9.97 Å². The number of nitrogen functional groups attached to an aromatic ring is 1. The quantitative estimate of drug-likeness (QED) is 0.514. The number of hydrogen-bond donors (Lipinski definition) is 4. The molecule has 4 nitrogen and oxygen atoms in total. The molecule has 0 aliphatic heterocycles. The molecule has 2 rings (SSSR count). The fourth-order valence-electron chi connectivity index (χ4n) is 1.03. The molecule has 0 amide bonds. The van der Waals surface area contributed by atoms with Gasteiger partial charge in [-0.1, -0.05) is 0 Å². The van der Waals surface area contributed by atoms with Crippen molar-refractivity contribution in [2.45, 2.75) is 15.1 Å². The molecule has 0 aliphatic carbocycles. The Morgan fingerprint density at radius 1 is 1.23 bits per heavy atom. The molecule has 0 saturated carbocycles. The van der Waals surface area contributed by atoms with Crippen LogP contribution in [-0.4, -0.2) is 14.4 Å². The van der Waals surface area contributed by atoms with Crippen LogP contribution in [0.4, 0.5) is 5.82 Å². The van der Waals surface area contributed by atoms with Gasteiger partial charge >= 0.3 is 0 Å². The molecule has 0 aliphatic rings. The second kappa shape index (κ2) is 3.00. The monoisotopic (exact) mass is 230 g/mol. The van der Waals surface area contributed by atoms with Gasteiger partial charge in [0.05, 0.1) is 0 Å². The smallest absolute Gasteiger partial charge is 0.181 e. The summed E-state index contributed by atoms with van der Waals surface area (Å²) in [6.07, 6.45) is 1.71. The van der Waals surface area contributed by atoms with Gasteiger partial charge in [-0.2, -0.15) is 0 Å². The first-order chi connectivity index (χ1) is 6.09. The van der Waals surface area contributed by atoms with Crippen molar-refractivity contribution in [2.75, 3.05) is 5.73 Å². The normalized spacial score (nSPS) is 11.0. The fourth-order valence-corrected chi connectivity index (χ4v) is 1.66. The lowest BCUT2D eigenvalue weighted by Crippen LogP contribution is -1.99. The average molecular weight is 230 g/mol. The number of fused-ring (bicyclic) bond motifs is 1. The third kappa shape index (κ3) is 1.36. The summed E-state index contributed by atoms with van der Waals surface area (Å²) in [4.78, 5) is 8.03. The first-order valence-electron chi connectivity index (χ1n) is 3.35. The first kappa shape index (κ1) is 9.04. The predicted molar refractivity (Wildman–Crippen MR) is 59.2 cm³/mol. The predicted octanol–water partition coefficient (Wildman–Crippen LogP) is 1.18. The van der Waals surface area contributed by atoms with Crippen molar-refractivity contribution in [3.8, 4) is 0 Å². The Kier molecular flexibility index (Phi) is 2.09. The van der Waals surface area contributed by atoms with E-state index < -0.39 is 0 Å². The van der Waals surface area contributed by atoms with Crippen LogP contribution in [0.1, 0.15) is 0 Å². The number of anilines is 1. The van der Waals surface area contributed by atoms with Crippen molar-refractivity contribution in [1.29, 1.82) is 0 Å². The van der Waals surface area contributed by atoms with Gasteiger partial charge in [0, 0.05) is 6.20 Å². The topological polar surface area (TPSA) is 56.2 Å². The Bertz CT molecular complexity index is 478. The van der Waals surface area contributed by atoms with E-state index in [2.05, 4.69) is 47.9 Å². The number of nitrogens with two attached hydrogens (primary N) is 1. The van der Waals surface area contributed by atoms with Crippen molar-refractivity contribution in [3.05, 3.63) is 6.20 Å². The lowest BCUT2D eigenvalue weighted by molar-refractivity contribution is 0.890. The Morgan fingerprint density at radius 2 is 1.92 bits per heavy atom. The van der Waals surface area contributed by atoms with Crippen LogP contribution in [-0.2, 0) is 0 Å². The van der Waals surface area contributed by atoms with Gasteiger partial charge in [-0.15, -0.1) is 37.9 Å². The maximum Gasteiger partial charge on any atom is 0.181 e. The van der Waals surface area contributed by atoms with Crippen LogP contribution in [0.2, 0.25) is 0 Å². The van der Waals surface area contributed by atoms with Crippen LogP contribution in [0.25, 0.3) is 5.65 Å². The molecule has 0 atom stereocenters. The van der Waals surface area contributed by atoms with Gasteiger partial charge in [0.1, 0.15) is 15.1 Å². The molecular weight excluding hydrogens is 224 g/mol. The van der Waals surface area contributed by atoms with E-state index in [0.717, 1.165) is 0 Å². The van der Waals surface area contributed by atoms with Crippen LogP contribution >= 0.6 is 37.9 Å². The highest BCUT2D eigenvalue weighted by Gasteiger charge is 2.09. The Balaban J connectivity index is 2.95. The number of rotatable bonds is 0. The van der Waals surface area contributed by atoms with Crippen LogP contribution in [0.5, 0.6) is 0 Å². The van der Waals surface area contributed by atoms with E-state index in [1.807, 2.05) is 0 Å². The molecule has 0 radical (unpaired) electrons. The zero-order valence-electron chi connectivity index (χ0n) is 6.34. The molecule has 2 N–H and O–H groups in total.